The predicted octanol–water partition coefficient (Wildman–Crippen LogP) is -0.762. The van der Waals surface area contributed by atoms with E-state index in [2.05, 4.69) is 25.9 Å². The molecule has 0 unspecified atom stereocenters. The van der Waals surface area contributed by atoms with Crippen LogP contribution in [0.15, 0.2) is 24.3 Å². The Morgan fingerprint density at radius 2 is 2.17 bits per heavy atom. The van der Waals surface area contributed by atoms with E-state index in [0.29, 0.717) is 13.0 Å². The summed E-state index contributed by atoms with van der Waals surface area (Å²) >= 11 is 0. The van der Waals surface area contributed by atoms with Gasteiger partial charge in [-0.25, -0.2) is 0 Å². The molecule has 0 saturated carbocycles. The van der Waals surface area contributed by atoms with Crippen molar-refractivity contribution in [3.63, 3.8) is 0 Å². The van der Waals surface area contributed by atoms with Crippen LogP contribution in [-0.2, 0) is 22.4 Å². The van der Waals surface area contributed by atoms with Gasteiger partial charge in [-0.2, -0.15) is 5.21 Å². The van der Waals surface area contributed by atoms with Gasteiger partial charge in [0.1, 0.15) is 24.4 Å². The zero-order valence-corrected chi connectivity index (χ0v) is 13.2. The molecule has 0 aliphatic carbocycles. The predicted molar refractivity (Wildman–Crippen MR) is 82.3 cm³/mol. The van der Waals surface area contributed by atoms with E-state index in [-0.39, 0.29) is 18.3 Å². The molecule has 3 atom stereocenters. The molecule has 24 heavy (non-hydrogen) atoms. The van der Waals surface area contributed by atoms with Crippen LogP contribution in [-0.4, -0.2) is 63.6 Å². The minimum absolute atomic E-state index is 0.0883. The Morgan fingerprint density at radius 1 is 1.38 bits per heavy atom. The summed E-state index contributed by atoms with van der Waals surface area (Å²) in [6.07, 6.45) is -0.829. The third kappa shape index (κ3) is 3.87. The first-order chi connectivity index (χ1) is 11.7. The van der Waals surface area contributed by atoms with Crippen LogP contribution in [0.3, 0.4) is 0 Å². The lowest BCUT2D eigenvalue weighted by Crippen LogP contribution is -2.39. The van der Waals surface area contributed by atoms with Gasteiger partial charge in [-0.3, -0.25) is 4.79 Å². The number of esters is 1. The Morgan fingerprint density at radius 3 is 2.83 bits per heavy atom. The van der Waals surface area contributed by atoms with Gasteiger partial charge in [-0.1, -0.05) is 17.3 Å². The number of rotatable bonds is 6. The summed E-state index contributed by atoms with van der Waals surface area (Å²) in [6, 6.07) is 7.48. The topological polar surface area (TPSA) is 122 Å². The molecule has 1 aliphatic rings. The fraction of sp³-hybridized carbons (Fsp3) is 0.467. The van der Waals surface area contributed by atoms with Crippen molar-refractivity contribution in [3.05, 3.63) is 35.7 Å². The molecule has 128 valence electrons. The highest BCUT2D eigenvalue weighted by molar-refractivity contribution is 5.71. The molecule has 0 bridgehead atoms. The Balaban J connectivity index is 1.60. The van der Waals surface area contributed by atoms with E-state index in [1.165, 1.54) is 0 Å². The molecule has 3 N–H and O–H groups in total. The van der Waals surface area contributed by atoms with Gasteiger partial charge in [0.15, 0.2) is 5.82 Å². The molecule has 9 nitrogen and oxygen atoms in total. The molecule has 1 aromatic heterocycles. The molecule has 1 aliphatic heterocycles. The van der Waals surface area contributed by atoms with E-state index in [9.17, 15) is 9.90 Å². The lowest BCUT2D eigenvalue weighted by Gasteiger charge is -2.22. The highest BCUT2D eigenvalue weighted by atomic mass is 16.6. The normalized spacial score (nSPS) is 23.2. The Bertz CT molecular complexity index is 661. The first-order valence-corrected chi connectivity index (χ1v) is 7.62. The first-order valence-electron chi connectivity index (χ1n) is 7.62. The number of tetrazole rings is 1. The number of hydrogen-bond acceptors (Lipinski definition) is 8. The fourth-order valence-electron chi connectivity index (χ4n) is 2.72. The van der Waals surface area contributed by atoms with Crippen molar-refractivity contribution in [3.8, 4) is 5.75 Å². The van der Waals surface area contributed by atoms with E-state index >= 15 is 0 Å². The molecular weight excluding hydrogens is 314 g/mol. The van der Waals surface area contributed by atoms with Crippen LogP contribution in [0.2, 0.25) is 0 Å². The fourth-order valence-corrected chi connectivity index (χ4v) is 2.72. The molecule has 1 aromatic carbocycles. The number of hydrogen-bond donors (Lipinski definition) is 3. The summed E-state index contributed by atoms with van der Waals surface area (Å²) in [6.45, 7) is 0.376. The van der Waals surface area contributed by atoms with E-state index in [1.54, 1.807) is 7.11 Å². The minimum atomic E-state index is -0.748. The van der Waals surface area contributed by atoms with Gasteiger partial charge in [0.25, 0.3) is 0 Å². The highest BCUT2D eigenvalue weighted by Crippen LogP contribution is 2.19. The van der Waals surface area contributed by atoms with Gasteiger partial charge in [0, 0.05) is 6.54 Å². The number of aromatic nitrogens is 4. The summed E-state index contributed by atoms with van der Waals surface area (Å²) < 4.78 is 10.6. The Hall–Kier alpha value is -2.52. The molecule has 0 spiro atoms. The zero-order chi connectivity index (χ0) is 16.9. The number of carbonyl (C=O) groups excluding carboxylic acids is 1. The summed E-state index contributed by atoms with van der Waals surface area (Å²) in [5.74, 6) is 0.539. The lowest BCUT2D eigenvalue weighted by molar-refractivity contribution is -0.153. The lowest BCUT2D eigenvalue weighted by atomic mass is 10.0. The van der Waals surface area contributed by atoms with Gasteiger partial charge < -0.3 is 19.9 Å². The highest BCUT2D eigenvalue weighted by Gasteiger charge is 2.37. The summed E-state index contributed by atoms with van der Waals surface area (Å²) in [4.78, 5) is 12.0. The second-order valence-electron chi connectivity index (χ2n) is 5.59. The average Bonchev–Trinajstić information content (AvgIpc) is 3.20. The molecule has 0 amide bonds. The van der Waals surface area contributed by atoms with Crippen molar-refractivity contribution in [1.29, 1.82) is 0 Å². The quantitative estimate of drug-likeness (QED) is 0.590. The van der Waals surface area contributed by atoms with Gasteiger partial charge in [-0.05, 0) is 24.1 Å². The summed E-state index contributed by atoms with van der Waals surface area (Å²) in [5.41, 5.74) is 1.06. The van der Waals surface area contributed by atoms with Crippen LogP contribution < -0.4 is 10.1 Å². The molecule has 1 saturated heterocycles. The van der Waals surface area contributed by atoms with Crippen molar-refractivity contribution >= 4 is 5.97 Å². The number of nitrogens with one attached hydrogen (secondary N) is 2. The number of β-amino-alcohol motifs (C(OH)–C–C–N with tert-alkyl or cyclic N) is 1. The number of aliphatic hydroxyl groups excluding tert-OH is 1. The van der Waals surface area contributed by atoms with Crippen molar-refractivity contribution in [2.24, 2.45) is 0 Å². The van der Waals surface area contributed by atoms with Crippen LogP contribution in [0.4, 0.5) is 0 Å². The third-order valence-electron chi connectivity index (χ3n) is 3.94. The maximum Gasteiger partial charge on any atom is 0.314 e. The number of aromatic amines is 1. The van der Waals surface area contributed by atoms with Crippen LogP contribution in [0.5, 0.6) is 5.75 Å². The standard InChI is InChI=1S/C15H19N5O4/c1-23-10-4-2-9(3-5-10)6-11-15(12(21)8-16-11)24-14(22)7-13-17-19-20-18-13/h2-5,11-12,15-16,21H,6-8H2,1H3,(H,17,18,19,20)/t11-,12+,15+/m1/s1. The van der Waals surface area contributed by atoms with Gasteiger partial charge in [-0.15, -0.1) is 10.2 Å². The van der Waals surface area contributed by atoms with Crippen LogP contribution in [0.1, 0.15) is 11.4 Å². The van der Waals surface area contributed by atoms with E-state index in [0.717, 1.165) is 11.3 Å². The average molecular weight is 333 g/mol. The Kier molecular flexibility index (Phi) is 5.02. The second kappa shape index (κ2) is 7.37. The molecular formula is C15H19N5O4. The number of carbonyl (C=O) groups is 1. The van der Waals surface area contributed by atoms with Crippen LogP contribution in [0.25, 0.3) is 0 Å². The van der Waals surface area contributed by atoms with Crippen molar-refractivity contribution in [2.45, 2.75) is 31.1 Å². The monoisotopic (exact) mass is 333 g/mol. The van der Waals surface area contributed by atoms with Crippen LogP contribution >= 0.6 is 0 Å². The Labute approximate surface area is 138 Å². The molecule has 9 heteroatoms. The number of methoxy groups -OCH3 is 1. The number of H-pyrrole nitrogens is 1. The van der Waals surface area contributed by atoms with Crippen molar-refractivity contribution in [2.75, 3.05) is 13.7 Å². The van der Waals surface area contributed by atoms with Crippen molar-refractivity contribution in [1.82, 2.24) is 25.9 Å². The van der Waals surface area contributed by atoms with E-state index in [4.69, 9.17) is 9.47 Å². The van der Waals surface area contributed by atoms with Crippen molar-refractivity contribution < 1.29 is 19.4 Å². The number of benzene rings is 1. The molecule has 0 radical (unpaired) electrons. The van der Waals surface area contributed by atoms with E-state index < -0.39 is 18.2 Å². The molecule has 3 rings (SSSR count). The third-order valence-corrected chi connectivity index (χ3v) is 3.94. The number of aliphatic hydroxyl groups is 1. The summed E-state index contributed by atoms with van der Waals surface area (Å²) in [5, 5.41) is 26.4. The maximum absolute atomic E-state index is 12.0. The smallest absolute Gasteiger partial charge is 0.314 e. The molecule has 2 heterocycles. The van der Waals surface area contributed by atoms with Crippen LogP contribution in [0, 0.1) is 0 Å². The van der Waals surface area contributed by atoms with E-state index in [1.807, 2.05) is 24.3 Å². The molecule has 1 fully saturated rings. The SMILES string of the molecule is COc1ccc(C[C@H]2NC[C@H](O)[C@H]2OC(=O)Cc2nn[nH]n2)cc1. The zero-order valence-electron chi connectivity index (χ0n) is 13.2. The molecule has 2 aromatic rings. The number of ether oxygens (including phenoxy) is 2. The largest absolute Gasteiger partial charge is 0.497 e. The number of nitrogens with zero attached hydrogens (tertiary/aromatic N) is 3. The van der Waals surface area contributed by atoms with Gasteiger partial charge in [0.05, 0.1) is 13.2 Å². The van der Waals surface area contributed by atoms with Gasteiger partial charge >= 0.3 is 5.97 Å². The maximum atomic E-state index is 12.0. The second-order valence-corrected chi connectivity index (χ2v) is 5.59. The minimum Gasteiger partial charge on any atom is -0.497 e. The first kappa shape index (κ1) is 16.3. The summed E-state index contributed by atoms with van der Waals surface area (Å²) in [7, 11) is 1.61. The van der Waals surface area contributed by atoms with Gasteiger partial charge in [0.2, 0.25) is 0 Å².